The summed E-state index contributed by atoms with van der Waals surface area (Å²) in [5, 5.41) is 14.5. The predicted molar refractivity (Wildman–Crippen MR) is 136 cm³/mol. The molecular weight excluding hydrogens is 503 g/mol. The summed E-state index contributed by atoms with van der Waals surface area (Å²) >= 11 is 1.31. The first-order valence-electron chi connectivity index (χ1n) is 10.9. The van der Waals surface area contributed by atoms with E-state index < -0.39 is 17.6 Å². The molecule has 0 fully saturated rings. The van der Waals surface area contributed by atoms with Gasteiger partial charge < -0.3 is 16.2 Å². The van der Waals surface area contributed by atoms with E-state index in [9.17, 15) is 23.1 Å². The lowest BCUT2D eigenvalue weighted by Crippen LogP contribution is -2.13. The van der Waals surface area contributed by atoms with Crippen molar-refractivity contribution in [3.05, 3.63) is 83.1 Å². The van der Waals surface area contributed by atoms with Crippen molar-refractivity contribution >= 4 is 39.8 Å². The smallest absolute Gasteiger partial charge is 0.416 e. The van der Waals surface area contributed by atoms with Crippen LogP contribution in [0.3, 0.4) is 0 Å². The van der Waals surface area contributed by atoms with Gasteiger partial charge in [-0.15, -0.1) is 11.3 Å². The van der Waals surface area contributed by atoms with Crippen LogP contribution in [0, 0.1) is 6.92 Å². The van der Waals surface area contributed by atoms with E-state index in [4.69, 9.17) is 5.73 Å². The molecule has 0 unspecified atom stereocenters. The lowest BCUT2D eigenvalue weighted by Gasteiger charge is -2.15. The predicted octanol–water partition coefficient (Wildman–Crippen LogP) is 6.29. The van der Waals surface area contributed by atoms with Gasteiger partial charge in [0.05, 0.1) is 27.0 Å². The Kier molecular flexibility index (Phi) is 6.00. The molecule has 0 atom stereocenters. The number of hydrogen-bond donors (Lipinski definition) is 3. The summed E-state index contributed by atoms with van der Waals surface area (Å²) in [6.07, 6.45) is -1.38. The maximum atomic E-state index is 13.1. The van der Waals surface area contributed by atoms with Gasteiger partial charge in [-0.25, -0.2) is 9.97 Å². The number of carbonyl (C=O) groups excluding carboxylic acids is 1. The molecule has 186 valence electrons. The Hall–Kier alpha value is -4.51. The van der Waals surface area contributed by atoms with Gasteiger partial charge >= 0.3 is 6.18 Å². The average Bonchev–Trinajstić information content (AvgIpc) is 3.38. The lowest BCUT2D eigenvalue weighted by molar-refractivity contribution is -0.137. The zero-order valence-corrected chi connectivity index (χ0v) is 20.0. The van der Waals surface area contributed by atoms with E-state index in [2.05, 4.69) is 20.3 Å². The van der Waals surface area contributed by atoms with Gasteiger partial charge in [0.2, 0.25) is 5.95 Å². The number of nitrogens with zero attached hydrogens (tertiary/aromatic N) is 3. The van der Waals surface area contributed by atoms with E-state index in [1.54, 1.807) is 42.2 Å². The Morgan fingerprint density at radius 1 is 1.08 bits per heavy atom. The quantitative estimate of drug-likeness (QED) is 0.256. The van der Waals surface area contributed by atoms with Crippen molar-refractivity contribution in [3.63, 3.8) is 0 Å². The van der Waals surface area contributed by atoms with Crippen molar-refractivity contribution in [1.82, 2.24) is 15.0 Å². The van der Waals surface area contributed by atoms with Gasteiger partial charge in [0.1, 0.15) is 5.75 Å². The second kappa shape index (κ2) is 9.17. The maximum absolute atomic E-state index is 13.1. The fraction of sp³-hybridized carbons (Fsp3) is 0.0769. The normalized spacial score (nSPS) is 11.6. The Morgan fingerprint density at radius 2 is 1.89 bits per heavy atom. The minimum Gasteiger partial charge on any atom is -0.507 e. The van der Waals surface area contributed by atoms with Crippen LogP contribution in [0.5, 0.6) is 5.75 Å². The minimum atomic E-state index is -4.53. The number of aromatic nitrogens is 3. The Labute approximate surface area is 212 Å². The number of thiazole rings is 1. The monoisotopic (exact) mass is 521 g/mol. The van der Waals surface area contributed by atoms with Gasteiger partial charge in [0.15, 0.2) is 0 Å². The molecular formula is C26H18F3N5O2S. The van der Waals surface area contributed by atoms with E-state index in [1.165, 1.54) is 23.5 Å². The molecule has 11 heteroatoms. The molecule has 7 nitrogen and oxygen atoms in total. The summed E-state index contributed by atoms with van der Waals surface area (Å²) in [6.45, 7) is 1.82. The Bertz CT molecular complexity index is 1650. The number of carbonyl (C=O) groups is 1. The van der Waals surface area contributed by atoms with Crippen LogP contribution >= 0.6 is 11.3 Å². The molecule has 0 radical (unpaired) electrons. The highest BCUT2D eigenvalue weighted by atomic mass is 32.1. The van der Waals surface area contributed by atoms with Gasteiger partial charge in [-0.1, -0.05) is 12.1 Å². The molecule has 0 bridgehead atoms. The molecule has 3 aromatic carbocycles. The first-order chi connectivity index (χ1) is 17.6. The number of halogens is 3. The standard InChI is InChI=1S/C26H18F3N5O2S/c1-13-5-6-14(24(36)33-17-4-2-3-16(9-17)26(27,28)29)7-18(13)19-8-15-10-32-25(30)34-22(15)21(23(19)35)20-11-31-12-37-20/h2-12,35H,1H3,(H,33,36)(H2,30,32,34). The van der Waals surface area contributed by atoms with E-state index in [-0.39, 0.29) is 22.9 Å². The van der Waals surface area contributed by atoms with Crippen LogP contribution < -0.4 is 11.1 Å². The first-order valence-corrected chi connectivity index (χ1v) is 11.8. The molecule has 5 rings (SSSR count). The number of phenolic OH excluding ortho intramolecular Hbond substituents is 1. The number of phenols is 1. The number of fused-ring (bicyclic) bond motifs is 1. The van der Waals surface area contributed by atoms with E-state index >= 15 is 0 Å². The number of anilines is 2. The number of hydrogen-bond acceptors (Lipinski definition) is 7. The average molecular weight is 522 g/mol. The van der Waals surface area contributed by atoms with Gasteiger partial charge in [-0.2, -0.15) is 13.2 Å². The zero-order chi connectivity index (χ0) is 26.3. The van der Waals surface area contributed by atoms with Gasteiger partial charge in [0.25, 0.3) is 5.91 Å². The fourth-order valence-electron chi connectivity index (χ4n) is 3.99. The summed E-state index contributed by atoms with van der Waals surface area (Å²) in [5.41, 5.74) is 9.40. The van der Waals surface area contributed by atoms with Crippen LogP contribution in [0.15, 0.2) is 66.4 Å². The molecule has 5 aromatic rings. The molecule has 1 amide bonds. The summed E-state index contributed by atoms with van der Waals surface area (Å²) in [7, 11) is 0. The zero-order valence-electron chi connectivity index (χ0n) is 19.2. The summed E-state index contributed by atoms with van der Waals surface area (Å²) in [5.74, 6) is -0.622. The van der Waals surface area contributed by atoms with E-state index in [0.29, 0.717) is 32.5 Å². The van der Waals surface area contributed by atoms with Crippen molar-refractivity contribution in [2.45, 2.75) is 13.1 Å². The van der Waals surface area contributed by atoms with Crippen molar-refractivity contribution in [2.24, 2.45) is 0 Å². The molecule has 0 saturated carbocycles. The molecule has 37 heavy (non-hydrogen) atoms. The molecule has 0 aliphatic rings. The molecule has 2 heterocycles. The number of alkyl halides is 3. The van der Waals surface area contributed by atoms with Crippen LogP contribution in [-0.2, 0) is 6.18 Å². The van der Waals surface area contributed by atoms with Crippen molar-refractivity contribution in [3.8, 4) is 27.3 Å². The van der Waals surface area contributed by atoms with Crippen LogP contribution in [0.2, 0.25) is 0 Å². The Morgan fingerprint density at radius 3 is 2.62 bits per heavy atom. The molecule has 2 aromatic heterocycles. The second-order valence-corrected chi connectivity index (χ2v) is 9.13. The van der Waals surface area contributed by atoms with Crippen LogP contribution in [0.4, 0.5) is 24.8 Å². The van der Waals surface area contributed by atoms with Crippen molar-refractivity contribution in [1.29, 1.82) is 0 Å². The van der Waals surface area contributed by atoms with E-state index in [0.717, 1.165) is 17.7 Å². The number of rotatable bonds is 4. The van der Waals surface area contributed by atoms with Crippen LogP contribution in [0.1, 0.15) is 21.5 Å². The van der Waals surface area contributed by atoms with Crippen LogP contribution in [-0.4, -0.2) is 26.0 Å². The van der Waals surface area contributed by atoms with Crippen molar-refractivity contribution < 1.29 is 23.1 Å². The molecule has 0 spiro atoms. The third-order valence-electron chi connectivity index (χ3n) is 5.78. The van der Waals surface area contributed by atoms with Gasteiger partial charge in [-0.05, 0) is 54.4 Å². The third-order valence-corrected chi connectivity index (χ3v) is 6.57. The summed E-state index contributed by atoms with van der Waals surface area (Å²) in [6, 6.07) is 10.9. The van der Waals surface area contributed by atoms with Crippen molar-refractivity contribution in [2.75, 3.05) is 11.1 Å². The molecule has 0 saturated heterocycles. The Balaban J connectivity index is 1.59. The number of nitrogen functional groups attached to an aromatic ring is 1. The second-order valence-electron chi connectivity index (χ2n) is 8.24. The molecule has 4 N–H and O–H groups in total. The highest BCUT2D eigenvalue weighted by Crippen LogP contribution is 2.45. The number of aromatic hydroxyl groups is 1. The number of amides is 1. The topological polar surface area (TPSA) is 114 Å². The molecule has 0 aliphatic heterocycles. The lowest BCUT2D eigenvalue weighted by atomic mass is 9.93. The number of nitrogens with two attached hydrogens (primary N) is 1. The van der Waals surface area contributed by atoms with E-state index in [1.807, 2.05) is 6.92 Å². The maximum Gasteiger partial charge on any atom is 0.416 e. The van der Waals surface area contributed by atoms with Crippen LogP contribution in [0.25, 0.3) is 32.5 Å². The highest BCUT2D eigenvalue weighted by Gasteiger charge is 2.30. The number of benzene rings is 3. The van der Waals surface area contributed by atoms with Gasteiger partial charge in [0, 0.05) is 34.6 Å². The van der Waals surface area contributed by atoms with Gasteiger partial charge in [-0.3, -0.25) is 9.78 Å². The highest BCUT2D eigenvalue weighted by molar-refractivity contribution is 7.13. The summed E-state index contributed by atoms with van der Waals surface area (Å²) in [4.78, 5) is 26.1. The summed E-state index contributed by atoms with van der Waals surface area (Å²) < 4.78 is 39.2. The number of aryl methyl sites for hydroxylation is 1. The minimum absolute atomic E-state index is 0.0118. The fourth-order valence-corrected chi connectivity index (χ4v) is 4.66. The molecule has 0 aliphatic carbocycles. The number of nitrogens with one attached hydrogen (secondary N) is 1. The largest absolute Gasteiger partial charge is 0.507 e. The first kappa shape index (κ1) is 24.2. The third kappa shape index (κ3) is 4.68. The SMILES string of the molecule is Cc1ccc(C(=O)Nc2cccc(C(F)(F)F)c2)cc1-c1cc2cnc(N)nc2c(-c2cncs2)c1O.